The molecule has 1 N–H and O–H groups in total. The predicted molar refractivity (Wildman–Crippen MR) is 60.0 cm³/mol. The summed E-state index contributed by atoms with van der Waals surface area (Å²) in [6, 6.07) is 2.60. The zero-order valence-corrected chi connectivity index (χ0v) is 10.1. The third-order valence-electron chi connectivity index (χ3n) is 1.59. The summed E-state index contributed by atoms with van der Waals surface area (Å²) in [4.78, 5) is 3.73. The van der Waals surface area contributed by atoms with E-state index in [9.17, 15) is 8.42 Å². The average Bonchev–Trinajstić information content (AvgIpc) is 2.70. The summed E-state index contributed by atoms with van der Waals surface area (Å²) in [6.45, 7) is 0. The second-order valence-electron chi connectivity index (χ2n) is 2.66. The first-order valence-corrected chi connectivity index (χ1v) is 6.72. The largest absolute Gasteiger partial charge is 0.263 e. The Hall–Kier alpha value is -1.25. The lowest BCUT2D eigenvalue weighted by Crippen LogP contribution is -2.12. The molecule has 0 aromatic carbocycles. The Bertz CT molecular complexity index is 584. The van der Waals surface area contributed by atoms with Crippen molar-refractivity contribution < 1.29 is 8.42 Å². The molecule has 2 heterocycles. The molecule has 0 spiro atoms. The van der Waals surface area contributed by atoms with Crippen LogP contribution >= 0.6 is 22.9 Å². The molecule has 84 valence electrons. The smallest absolute Gasteiger partial charge is 0.253 e. The molecule has 0 aliphatic heterocycles. The van der Waals surface area contributed by atoms with Crippen LogP contribution in [0.25, 0.3) is 0 Å². The van der Waals surface area contributed by atoms with Gasteiger partial charge in [0.2, 0.25) is 5.13 Å². The van der Waals surface area contributed by atoms with E-state index >= 15 is 0 Å². The first-order valence-electron chi connectivity index (χ1n) is 3.98. The maximum atomic E-state index is 11.8. The van der Waals surface area contributed by atoms with Crippen LogP contribution in [-0.4, -0.2) is 23.6 Å². The fourth-order valence-electron chi connectivity index (χ4n) is 0.943. The molecule has 2 rings (SSSR count). The van der Waals surface area contributed by atoms with Crippen LogP contribution in [0, 0.1) is 0 Å². The van der Waals surface area contributed by atoms with E-state index in [0.29, 0.717) is 0 Å². The molecule has 0 saturated heterocycles. The van der Waals surface area contributed by atoms with Crippen LogP contribution in [0.3, 0.4) is 0 Å². The first kappa shape index (κ1) is 11.2. The molecular formula is C7H5ClN4O2S2. The molecule has 0 saturated carbocycles. The topological polar surface area (TPSA) is 84.8 Å². The zero-order valence-electron chi connectivity index (χ0n) is 7.66. The van der Waals surface area contributed by atoms with Gasteiger partial charge in [0.05, 0.1) is 4.90 Å². The Labute approximate surface area is 100 Å². The fraction of sp³-hybridized carbons (Fsp3) is 0. The minimum Gasteiger partial charge on any atom is -0.253 e. The van der Waals surface area contributed by atoms with Crippen molar-refractivity contribution in [2.45, 2.75) is 4.90 Å². The van der Waals surface area contributed by atoms with Crippen LogP contribution < -0.4 is 4.72 Å². The highest BCUT2D eigenvalue weighted by atomic mass is 35.5. The summed E-state index contributed by atoms with van der Waals surface area (Å²) in [7, 11) is -3.67. The standard InChI is InChI=1S/C7H5ClN4O2S2/c8-6-3-5(1-2-9-6)16(13,14)12-7-11-10-4-15-7/h1-4H,(H,11,12). The summed E-state index contributed by atoms with van der Waals surface area (Å²) in [5, 5.41) is 7.41. The van der Waals surface area contributed by atoms with Gasteiger partial charge in [-0.25, -0.2) is 13.4 Å². The summed E-state index contributed by atoms with van der Waals surface area (Å²) in [5.41, 5.74) is 1.43. The van der Waals surface area contributed by atoms with Crippen LogP contribution in [0.1, 0.15) is 0 Å². The quantitative estimate of drug-likeness (QED) is 0.856. The Balaban J connectivity index is 2.33. The average molecular weight is 277 g/mol. The van der Waals surface area contributed by atoms with E-state index in [2.05, 4.69) is 19.9 Å². The third kappa shape index (κ3) is 2.46. The van der Waals surface area contributed by atoms with Crippen molar-refractivity contribution in [2.75, 3.05) is 4.72 Å². The van der Waals surface area contributed by atoms with Gasteiger partial charge in [-0.1, -0.05) is 22.9 Å². The molecule has 0 aliphatic carbocycles. The Kier molecular flexibility index (Phi) is 3.03. The van der Waals surface area contributed by atoms with Gasteiger partial charge in [-0.05, 0) is 12.1 Å². The van der Waals surface area contributed by atoms with E-state index in [-0.39, 0.29) is 15.2 Å². The van der Waals surface area contributed by atoms with Gasteiger partial charge < -0.3 is 0 Å². The minimum absolute atomic E-state index is 0.0303. The van der Waals surface area contributed by atoms with Gasteiger partial charge in [0.25, 0.3) is 10.0 Å². The maximum absolute atomic E-state index is 11.8. The summed E-state index contributed by atoms with van der Waals surface area (Å²) in [5.74, 6) is 0. The van der Waals surface area contributed by atoms with E-state index in [1.54, 1.807) is 0 Å². The van der Waals surface area contributed by atoms with E-state index in [1.807, 2.05) is 0 Å². The zero-order chi connectivity index (χ0) is 11.6. The lowest BCUT2D eigenvalue weighted by atomic mass is 10.5. The van der Waals surface area contributed by atoms with E-state index < -0.39 is 10.0 Å². The number of nitrogens with one attached hydrogen (secondary N) is 1. The SMILES string of the molecule is O=S(=O)(Nc1nncs1)c1ccnc(Cl)c1. The fourth-order valence-corrected chi connectivity index (χ4v) is 2.89. The van der Waals surface area contributed by atoms with Crippen molar-refractivity contribution in [2.24, 2.45) is 0 Å². The summed E-state index contributed by atoms with van der Waals surface area (Å²) in [6.07, 6.45) is 1.32. The van der Waals surface area contributed by atoms with E-state index in [0.717, 1.165) is 11.3 Å². The number of nitrogens with zero attached hydrogens (tertiary/aromatic N) is 3. The molecule has 0 radical (unpaired) electrons. The number of halogens is 1. The molecule has 0 amide bonds. The van der Waals surface area contributed by atoms with E-state index in [4.69, 9.17) is 11.6 Å². The Morgan fingerprint density at radius 1 is 1.44 bits per heavy atom. The van der Waals surface area contributed by atoms with Crippen LogP contribution in [0.4, 0.5) is 5.13 Å². The van der Waals surface area contributed by atoms with E-state index in [1.165, 1.54) is 23.8 Å². The molecule has 2 aromatic rings. The molecule has 0 aliphatic rings. The van der Waals surface area contributed by atoms with Gasteiger partial charge in [0, 0.05) is 6.20 Å². The maximum Gasteiger partial charge on any atom is 0.263 e. The number of hydrogen-bond acceptors (Lipinski definition) is 6. The molecule has 0 fully saturated rings. The van der Waals surface area contributed by atoms with Gasteiger partial charge in [-0.2, -0.15) is 0 Å². The Morgan fingerprint density at radius 2 is 2.25 bits per heavy atom. The number of hydrogen-bond donors (Lipinski definition) is 1. The number of aromatic nitrogens is 3. The van der Waals surface area contributed by atoms with Gasteiger partial charge in [0.1, 0.15) is 10.7 Å². The molecule has 6 nitrogen and oxygen atoms in total. The van der Waals surface area contributed by atoms with Gasteiger partial charge in [-0.3, -0.25) is 4.72 Å². The van der Waals surface area contributed by atoms with Crippen molar-refractivity contribution in [3.8, 4) is 0 Å². The predicted octanol–water partition coefficient (Wildman–Crippen LogP) is 1.39. The molecule has 2 aromatic heterocycles. The third-order valence-corrected chi connectivity index (χ3v) is 3.87. The summed E-state index contributed by atoms with van der Waals surface area (Å²) >= 11 is 6.69. The molecular weight excluding hydrogens is 272 g/mol. The number of pyridine rings is 1. The first-order chi connectivity index (χ1) is 7.58. The molecule has 0 unspecified atom stereocenters. The number of anilines is 1. The van der Waals surface area contributed by atoms with Gasteiger partial charge >= 0.3 is 0 Å². The highest BCUT2D eigenvalue weighted by Crippen LogP contribution is 2.18. The second kappa shape index (κ2) is 4.32. The molecule has 16 heavy (non-hydrogen) atoms. The van der Waals surface area contributed by atoms with Crippen molar-refractivity contribution >= 4 is 38.1 Å². The van der Waals surface area contributed by atoms with Gasteiger partial charge in [0.15, 0.2) is 0 Å². The lowest BCUT2D eigenvalue weighted by Gasteiger charge is -2.03. The van der Waals surface area contributed by atoms with Crippen molar-refractivity contribution in [3.05, 3.63) is 29.0 Å². The number of rotatable bonds is 3. The number of sulfonamides is 1. The van der Waals surface area contributed by atoms with Crippen LogP contribution in [0.15, 0.2) is 28.7 Å². The Morgan fingerprint density at radius 3 is 2.88 bits per heavy atom. The van der Waals surface area contributed by atoms with Crippen LogP contribution in [0.2, 0.25) is 5.15 Å². The summed E-state index contributed by atoms with van der Waals surface area (Å²) < 4.78 is 25.9. The molecule has 0 atom stereocenters. The normalized spacial score (nSPS) is 11.3. The second-order valence-corrected chi connectivity index (χ2v) is 5.57. The highest BCUT2D eigenvalue weighted by Gasteiger charge is 2.16. The van der Waals surface area contributed by atoms with Crippen molar-refractivity contribution in [1.82, 2.24) is 15.2 Å². The minimum atomic E-state index is -3.67. The molecule has 0 bridgehead atoms. The van der Waals surface area contributed by atoms with Crippen molar-refractivity contribution in [3.63, 3.8) is 0 Å². The van der Waals surface area contributed by atoms with Crippen LogP contribution in [0.5, 0.6) is 0 Å². The molecule has 9 heteroatoms. The highest BCUT2D eigenvalue weighted by molar-refractivity contribution is 7.93. The van der Waals surface area contributed by atoms with Gasteiger partial charge in [-0.15, -0.1) is 10.2 Å². The monoisotopic (exact) mass is 276 g/mol. The lowest BCUT2D eigenvalue weighted by molar-refractivity contribution is 0.601. The van der Waals surface area contributed by atoms with Crippen molar-refractivity contribution in [1.29, 1.82) is 0 Å². The van der Waals surface area contributed by atoms with Crippen LogP contribution in [-0.2, 0) is 10.0 Å².